The first-order chi connectivity index (χ1) is 10.3. The van der Waals surface area contributed by atoms with Crippen molar-refractivity contribution < 1.29 is 9.47 Å². The van der Waals surface area contributed by atoms with Crippen LogP contribution in [0.1, 0.15) is 25.0 Å². The topological polar surface area (TPSA) is 30.5 Å². The molecule has 0 saturated carbocycles. The number of ether oxygens (including phenoxy) is 2. The van der Waals surface area contributed by atoms with Gasteiger partial charge in [0.2, 0.25) is 0 Å². The third-order valence-electron chi connectivity index (χ3n) is 3.22. The van der Waals surface area contributed by atoms with E-state index in [4.69, 9.17) is 9.47 Å². The van der Waals surface area contributed by atoms with Gasteiger partial charge >= 0.3 is 0 Å². The Labute approximate surface area is 126 Å². The zero-order chi connectivity index (χ0) is 14.9. The highest BCUT2D eigenvalue weighted by atomic mass is 16.5. The van der Waals surface area contributed by atoms with Crippen molar-refractivity contribution in [1.29, 1.82) is 0 Å². The lowest BCUT2D eigenvalue weighted by Gasteiger charge is -2.14. The van der Waals surface area contributed by atoms with Gasteiger partial charge in [-0.2, -0.15) is 0 Å². The van der Waals surface area contributed by atoms with Crippen LogP contribution in [0.5, 0.6) is 5.75 Å². The zero-order valence-corrected chi connectivity index (χ0v) is 12.8. The molecule has 0 atom stereocenters. The number of rotatable bonds is 8. The van der Waals surface area contributed by atoms with Gasteiger partial charge in [-0.3, -0.25) is 0 Å². The number of benzene rings is 2. The van der Waals surface area contributed by atoms with Gasteiger partial charge < -0.3 is 14.8 Å². The Morgan fingerprint density at radius 2 is 1.57 bits per heavy atom. The van der Waals surface area contributed by atoms with E-state index in [1.807, 2.05) is 44.2 Å². The number of para-hydroxylation sites is 2. The van der Waals surface area contributed by atoms with Crippen molar-refractivity contribution in [3.05, 3.63) is 59.7 Å². The molecule has 3 nitrogen and oxygen atoms in total. The van der Waals surface area contributed by atoms with Crippen LogP contribution in [0.25, 0.3) is 0 Å². The predicted octanol–water partition coefficient (Wildman–Crippen LogP) is 4.23. The van der Waals surface area contributed by atoms with E-state index >= 15 is 0 Å². The molecule has 2 rings (SSSR count). The third-order valence-corrected chi connectivity index (χ3v) is 3.22. The molecule has 3 heteroatoms. The average Bonchev–Trinajstić information content (AvgIpc) is 2.53. The second-order valence-electron chi connectivity index (χ2n) is 4.69. The molecule has 21 heavy (non-hydrogen) atoms. The lowest BCUT2D eigenvalue weighted by Crippen LogP contribution is -2.05. The maximum atomic E-state index is 5.66. The van der Waals surface area contributed by atoms with Crippen LogP contribution >= 0.6 is 0 Å². The summed E-state index contributed by atoms with van der Waals surface area (Å²) in [6.45, 7) is 6.78. The molecule has 1 N–H and O–H groups in total. The molecule has 0 aromatic heterocycles. The fourth-order valence-electron chi connectivity index (χ4n) is 2.17. The molecule has 2 aromatic carbocycles. The van der Waals surface area contributed by atoms with Crippen LogP contribution in [-0.4, -0.2) is 13.2 Å². The maximum absolute atomic E-state index is 5.66. The van der Waals surface area contributed by atoms with Gasteiger partial charge in [-0.05, 0) is 26.0 Å². The minimum absolute atomic E-state index is 0.632. The lowest BCUT2D eigenvalue weighted by atomic mass is 10.1. The van der Waals surface area contributed by atoms with Crippen molar-refractivity contribution in [2.24, 2.45) is 0 Å². The van der Waals surface area contributed by atoms with Gasteiger partial charge in [0.15, 0.2) is 0 Å². The molecule has 2 aromatic rings. The molecule has 0 aliphatic rings. The SMILES string of the molecule is CCOCc1ccccc1NCc1ccccc1OCC. The summed E-state index contributed by atoms with van der Waals surface area (Å²) in [6, 6.07) is 16.4. The Balaban J connectivity index is 2.06. The fraction of sp³-hybridized carbons (Fsp3) is 0.333. The van der Waals surface area contributed by atoms with E-state index in [9.17, 15) is 0 Å². The van der Waals surface area contributed by atoms with Gasteiger partial charge in [0, 0.05) is 30.0 Å². The first kappa shape index (κ1) is 15.4. The second kappa shape index (κ2) is 8.32. The molecule has 0 aliphatic heterocycles. The van der Waals surface area contributed by atoms with Gasteiger partial charge in [-0.15, -0.1) is 0 Å². The van der Waals surface area contributed by atoms with Crippen molar-refractivity contribution in [3.63, 3.8) is 0 Å². The van der Waals surface area contributed by atoms with Gasteiger partial charge in [0.25, 0.3) is 0 Å². The molecule has 0 unspecified atom stereocenters. The van der Waals surface area contributed by atoms with Crippen molar-refractivity contribution in [2.75, 3.05) is 18.5 Å². The first-order valence-electron chi connectivity index (χ1n) is 7.45. The predicted molar refractivity (Wildman–Crippen MR) is 86.7 cm³/mol. The zero-order valence-electron chi connectivity index (χ0n) is 12.8. The molecule has 112 valence electrons. The quantitative estimate of drug-likeness (QED) is 0.787. The Bertz CT molecular complexity index is 554. The first-order valence-corrected chi connectivity index (χ1v) is 7.45. The summed E-state index contributed by atoms with van der Waals surface area (Å²) in [7, 11) is 0. The van der Waals surface area contributed by atoms with Crippen molar-refractivity contribution in [2.45, 2.75) is 27.0 Å². The number of nitrogens with one attached hydrogen (secondary N) is 1. The summed E-state index contributed by atoms with van der Waals surface area (Å²) in [5, 5.41) is 3.48. The van der Waals surface area contributed by atoms with Crippen LogP contribution in [0.3, 0.4) is 0 Å². The Kier molecular flexibility index (Phi) is 6.10. The minimum atomic E-state index is 0.632. The highest BCUT2D eigenvalue weighted by Crippen LogP contribution is 2.21. The normalized spacial score (nSPS) is 10.4. The van der Waals surface area contributed by atoms with Gasteiger partial charge in [0.05, 0.1) is 13.2 Å². The van der Waals surface area contributed by atoms with Crippen LogP contribution < -0.4 is 10.1 Å². The molecule has 0 amide bonds. The van der Waals surface area contributed by atoms with Crippen LogP contribution in [0.15, 0.2) is 48.5 Å². The largest absolute Gasteiger partial charge is 0.494 e. The summed E-state index contributed by atoms with van der Waals surface area (Å²) >= 11 is 0. The van der Waals surface area contributed by atoms with E-state index in [1.165, 1.54) is 5.56 Å². The third kappa shape index (κ3) is 4.50. The lowest BCUT2D eigenvalue weighted by molar-refractivity contribution is 0.134. The van der Waals surface area contributed by atoms with E-state index in [1.54, 1.807) is 0 Å². The Morgan fingerprint density at radius 1 is 0.857 bits per heavy atom. The minimum Gasteiger partial charge on any atom is -0.494 e. The van der Waals surface area contributed by atoms with E-state index in [2.05, 4.69) is 23.5 Å². The summed E-state index contributed by atoms with van der Waals surface area (Å²) in [4.78, 5) is 0. The standard InChI is InChI=1S/C18H23NO2/c1-3-20-14-16-10-5-7-11-17(16)19-13-15-9-6-8-12-18(15)21-4-2/h5-12,19H,3-4,13-14H2,1-2H3. The highest BCUT2D eigenvalue weighted by Gasteiger charge is 2.05. The molecule has 0 fully saturated rings. The van der Waals surface area contributed by atoms with Crippen LogP contribution in [0.2, 0.25) is 0 Å². The molecule has 0 saturated heterocycles. The van der Waals surface area contributed by atoms with Crippen LogP contribution in [0.4, 0.5) is 5.69 Å². The van der Waals surface area contributed by atoms with E-state index in [-0.39, 0.29) is 0 Å². The van der Waals surface area contributed by atoms with Crippen molar-refractivity contribution in [1.82, 2.24) is 0 Å². The van der Waals surface area contributed by atoms with Crippen LogP contribution in [-0.2, 0) is 17.9 Å². The molecule has 0 aliphatic carbocycles. The maximum Gasteiger partial charge on any atom is 0.124 e. The molecule has 0 heterocycles. The Morgan fingerprint density at radius 3 is 2.33 bits per heavy atom. The van der Waals surface area contributed by atoms with E-state index in [0.29, 0.717) is 13.2 Å². The summed E-state index contributed by atoms with van der Waals surface area (Å²) < 4.78 is 11.2. The smallest absolute Gasteiger partial charge is 0.124 e. The molecule has 0 radical (unpaired) electrons. The average molecular weight is 285 g/mol. The summed E-state index contributed by atoms with van der Waals surface area (Å²) in [6.07, 6.45) is 0. The van der Waals surface area contributed by atoms with E-state index in [0.717, 1.165) is 30.2 Å². The fourth-order valence-corrected chi connectivity index (χ4v) is 2.17. The molecule has 0 spiro atoms. The molecular formula is C18H23NO2. The molecule has 0 bridgehead atoms. The Hall–Kier alpha value is -2.00. The molecular weight excluding hydrogens is 262 g/mol. The van der Waals surface area contributed by atoms with Gasteiger partial charge in [0.1, 0.15) is 5.75 Å². The van der Waals surface area contributed by atoms with Gasteiger partial charge in [-0.25, -0.2) is 0 Å². The van der Waals surface area contributed by atoms with Crippen molar-refractivity contribution in [3.8, 4) is 5.75 Å². The monoisotopic (exact) mass is 285 g/mol. The summed E-state index contributed by atoms with van der Waals surface area (Å²) in [5.74, 6) is 0.940. The highest BCUT2D eigenvalue weighted by molar-refractivity contribution is 5.51. The van der Waals surface area contributed by atoms with E-state index < -0.39 is 0 Å². The summed E-state index contributed by atoms with van der Waals surface area (Å²) in [5.41, 5.74) is 3.44. The van der Waals surface area contributed by atoms with Crippen LogP contribution in [0, 0.1) is 0 Å². The number of anilines is 1. The van der Waals surface area contributed by atoms with Gasteiger partial charge in [-0.1, -0.05) is 36.4 Å². The van der Waals surface area contributed by atoms with Crippen molar-refractivity contribution >= 4 is 5.69 Å². The number of hydrogen-bond donors (Lipinski definition) is 1. The second-order valence-corrected chi connectivity index (χ2v) is 4.69. The number of hydrogen-bond acceptors (Lipinski definition) is 3.